The van der Waals surface area contributed by atoms with Crippen LogP contribution >= 0.6 is 23.2 Å². The summed E-state index contributed by atoms with van der Waals surface area (Å²) < 4.78 is 0. The second kappa shape index (κ2) is 12.7. The molecule has 34 heavy (non-hydrogen) atoms. The molecule has 0 amide bonds. The van der Waals surface area contributed by atoms with Gasteiger partial charge in [0.1, 0.15) is 0 Å². The van der Waals surface area contributed by atoms with Gasteiger partial charge in [0, 0.05) is 47.6 Å². The molecule has 0 heterocycles. The molecule has 0 atom stereocenters. The van der Waals surface area contributed by atoms with Crippen LogP contribution in [0.4, 0.5) is 11.4 Å². The highest BCUT2D eigenvalue weighted by atomic mass is 35.5. The number of anilines is 2. The monoisotopic (exact) mass is 492 g/mol. The van der Waals surface area contributed by atoms with E-state index in [1.807, 2.05) is 24.3 Å². The van der Waals surface area contributed by atoms with Gasteiger partial charge in [-0.2, -0.15) is 0 Å². The van der Waals surface area contributed by atoms with Gasteiger partial charge in [-0.1, -0.05) is 71.8 Å². The highest BCUT2D eigenvalue weighted by molar-refractivity contribution is 6.35. The van der Waals surface area contributed by atoms with Crippen LogP contribution in [0.5, 0.6) is 0 Å². The lowest BCUT2D eigenvalue weighted by Crippen LogP contribution is -2.21. The highest BCUT2D eigenvalue weighted by Gasteiger charge is 2.05. The predicted molar refractivity (Wildman–Crippen MR) is 154 cm³/mol. The van der Waals surface area contributed by atoms with Gasteiger partial charge in [0.2, 0.25) is 0 Å². The Labute approximate surface area is 215 Å². The summed E-state index contributed by atoms with van der Waals surface area (Å²) in [5.74, 6) is 0. The van der Waals surface area contributed by atoms with Gasteiger partial charge in [-0.05, 0) is 86.3 Å². The second-order valence-electron chi connectivity index (χ2n) is 8.09. The molecule has 0 saturated heterocycles. The normalized spacial score (nSPS) is 11.5. The van der Waals surface area contributed by atoms with Crippen molar-refractivity contribution in [3.63, 3.8) is 0 Å². The quantitative estimate of drug-likeness (QED) is 0.260. The molecule has 4 heteroatoms. The summed E-state index contributed by atoms with van der Waals surface area (Å²) in [5, 5.41) is 1.36. The molecule has 3 rings (SSSR count). The molecule has 3 aromatic carbocycles. The molecular formula is C30H34Cl2N2. The van der Waals surface area contributed by atoms with Crippen molar-refractivity contribution < 1.29 is 0 Å². The van der Waals surface area contributed by atoms with E-state index in [1.54, 1.807) is 0 Å². The maximum absolute atomic E-state index is 6.59. The third kappa shape index (κ3) is 6.68. The predicted octanol–water partition coefficient (Wildman–Crippen LogP) is 9.03. The van der Waals surface area contributed by atoms with Crippen molar-refractivity contribution in [2.24, 2.45) is 0 Å². The topological polar surface area (TPSA) is 6.48 Å². The second-order valence-corrected chi connectivity index (χ2v) is 8.90. The van der Waals surface area contributed by atoms with E-state index in [1.165, 1.54) is 11.4 Å². The first-order valence-electron chi connectivity index (χ1n) is 12.0. The third-order valence-electron chi connectivity index (χ3n) is 6.07. The van der Waals surface area contributed by atoms with Gasteiger partial charge in [0.15, 0.2) is 0 Å². The molecule has 0 spiro atoms. The number of nitrogens with zero attached hydrogens (tertiary/aromatic N) is 2. The van der Waals surface area contributed by atoms with Crippen LogP contribution in [0.3, 0.4) is 0 Å². The summed E-state index contributed by atoms with van der Waals surface area (Å²) in [4.78, 5) is 4.66. The first-order chi connectivity index (χ1) is 16.5. The van der Waals surface area contributed by atoms with E-state index in [9.17, 15) is 0 Å². The largest absolute Gasteiger partial charge is 0.372 e. The molecule has 0 saturated carbocycles. The van der Waals surface area contributed by atoms with Crippen LogP contribution in [0, 0.1) is 0 Å². The number of benzene rings is 3. The van der Waals surface area contributed by atoms with Gasteiger partial charge in [-0.3, -0.25) is 0 Å². The fraction of sp³-hybridized carbons (Fsp3) is 0.267. The lowest BCUT2D eigenvalue weighted by Gasteiger charge is -2.20. The van der Waals surface area contributed by atoms with Crippen LogP contribution in [0.25, 0.3) is 24.3 Å². The molecule has 3 aromatic rings. The van der Waals surface area contributed by atoms with Crippen molar-refractivity contribution in [2.45, 2.75) is 27.7 Å². The van der Waals surface area contributed by atoms with Crippen LogP contribution in [0.15, 0.2) is 60.7 Å². The van der Waals surface area contributed by atoms with Gasteiger partial charge < -0.3 is 9.80 Å². The molecule has 0 radical (unpaired) electrons. The SMILES string of the molecule is CCN(CC)c1ccc(/C=C/c2cc(Cl)c(/C=C/c3ccc(N(CC)CC)cc3)cc2Cl)cc1. The minimum Gasteiger partial charge on any atom is -0.372 e. The minimum absolute atomic E-state index is 0.678. The maximum atomic E-state index is 6.59. The number of rotatable bonds is 10. The average Bonchev–Trinajstić information content (AvgIpc) is 2.86. The van der Waals surface area contributed by atoms with Crippen LogP contribution in [-0.4, -0.2) is 26.2 Å². The summed E-state index contributed by atoms with van der Waals surface area (Å²) in [6.07, 6.45) is 8.16. The lowest BCUT2D eigenvalue weighted by atomic mass is 10.1. The Morgan fingerprint density at radius 2 is 0.853 bits per heavy atom. The summed E-state index contributed by atoms with van der Waals surface area (Å²) in [7, 11) is 0. The van der Waals surface area contributed by atoms with Crippen molar-refractivity contribution in [3.8, 4) is 0 Å². The van der Waals surface area contributed by atoms with Crippen molar-refractivity contribution in [3.05, 3.63) is 93.0 Å². The molecule has 0 N–H and O–H groups in total. The number of hydrogen-bond acceptors (Lipinski definition) is 2. The van der Waals surface area contributed by atoms with Crippen molar-refractivity contribution in [1.82, 2.24) is 0 Å². The smallest absolute Gasteiger partial charge is 0.0485 e. The zero-order chi connectivity index (χ0) is 24.5. The van der Waals surface area contributed by atoms with Gasteiger partial charge in [-0.25, -0.2) is 0 Å². The number of hydrogen-bond donors (Lipinski definition) is 0. The van der Waals surface area contributed by atoms with Gasteiger partial charge in [0.25, 0.3) is 0 Å². The minimum atomic E-state index is 0.678. The molecule has 0 aromatic heterocycles. The first-order valence-corrected chi connectivity index (χ1v) is 12.8. The van der Waals surface area contributed by atoms with Crippen LogP contribution in [-0.2, 0) is 0 Å². The lowest BCUT2D eigenvalue weighted by molar-refractivity contribution is 0.866. The van der Waals surface area contributed by atoms with Gasteiger partial charge in [0.05, 0.1) is 0 Å². The van der Waals surface area contributed by atoms with E-state index >= 15 is 0 Å². The molecule has 2 nitrogen and oxygen atoms in total. The number of halogens is 2. The Bertz CT molecular complexity index is 1020. The zero-order valence-corrected chi connectivity index (χ0v) is 22.1. The fourth-order valence-corrected chi connectivity index (χ4v) is 4.45. The third-order valence-corrected chi connectivity index (χ3v) is 6.72. The Kier molecular flexibility index (Phi) is 9.68. The van der Waals surface area contributed by atoms with Crippen LogP contribution in [0.2, 0.25) is 10.0 Å². The molecule has 0 aliphatic carbocycles. The molecule has 178 valence electrons. The Hall–Kier alpha value is -2.68. The molecular weight excluding hydrogens is 459 g/mol. The Balaban J connectivity index is 1.72. The molecule has 0 aliphatic rings. The standard InChI is InChI=1S/C30H34Cl2N2/c1-5-33(6-2)27-17-11-23(12-18-27)9-15-25-21-30(32)26(22-29(25)31)16-10-24-13-19-28(20-14-24)34(7-3)8-4/h9-22H,5-8H2,1-4H3/b15-9+,16-10+. The van der Waals surface area contributed by atoms with E-state index in [0.29, 0.717) is 10.0 Å². The summed E-state index contributed by atoms with van der Waals surface area (Å²) in [6.45, 7) is 12.7. The fourth-order valence-electron chi connectivity index (χ4n) is 3.98. The summed E-state index contributed by atoms with van der Waals surface area (Å²) >= 11 is 13.2. The maximum Gasteiger partial charge on any atom is 0.0485 e. The van der Waals surface area contributed by atoms with E-state index < -0.39 is 0 Å². The van der Waals surface area contributed by atoms with Gasteiger partial charge in [-0.15, -0.1) is 0 Å². The average molecular weight is 494 g/mol. The highest BCUT2D eigenvalue weighted by Crippen LogP contribution is 2.29. The van der Waals surface area contributed by atoms with E-state index in [4.69, 9.17) is 23.2 Å². The van der Waals surface area contributed by atoms with Crippen LogP contribution in [0.1, 0.15) is 49.9 Å². The van der Waals surface area contributed by atoms with Crippen molar-refractivity contribution >= 4 is 58.9 Å². The zero-order valence-electron chi connectivity index (χ0n) is 20.6. The van der Waals surface area contributed by atoms with Crippen LogP contribution < -0.4 is 9.80 Å². The Morgan fingerprint density at radius 1 is 0.529 bits per heavy atom. The Morgan fingerprint density at radius 3 is 1.15 bits per heavy atom. The van der Waals surface area contributed by atoms with E-state index in [0.717, 1.165) is 48.4 Å². The summed E-state index contributed by atoms with van der Waals surface area (Å²) in [5.41, 5.74) is 6.53. The molecule has 0 aliphatic heterocycles. The van der Waals surface area contributed by atoms with Crippen molar-refractivity contribution in [1.29, 1.82) is 0 Å². The summed E-state index contributed by atoms with van der Waals surface area (Å²) in [6, 6.07) is 21.0. The first kappa shape index (κ1) is 25.9. The van der Waals surface area contributed by atoms with Gasteiger partial charge >= 0.3 is 0 Å². The molecule has 0 fully saturated rings. The molecule has 0 unspecified atom stereocenters. The molecule has 0 bridgehead atoms. The van der Waals surface area contributed by atoms with E-state index in [2.05, 4.69) is 98.2 Å². The van der Waals surface area contributed by atoms with Crippen molar-refractivity contribution in [2.75, 3.05) is 36.0 Å². The van der Waals surface area contributed by atoms with E-state index in [-0.39, 0.29) is 0 Å².